The minimum absolute atomic E-state index is 0.0399. The van der Waals surface area contributed by atoms with Crippen molar-refractivity contribution < 1.29 is 28.5 Å². The van der Waals surface area contributed by atoms with Crippen LogP contribution in [0.5, 0.6) is 11.6 Å². The van der Waals surface area contributed by atoms with Gasteiger partial charge in [-0.25, -0.2) is 19.2 Å². The molecule has 1 atom stereocenters. The van der Waals surface area contributed by atoms with Crippen LogP contribution in [0, 0.1) is 5.82 Å². The van der Waals surface area contributed by atoms with Gasteiger partial charge in [0.15, 0.2) is 5.82 Å². The van der Waals surface area contributed by atoms with Crippen molar-refractivity contribution in [2.75, 3.05) is 19.7 Å². The molecule has 214 valence electrons. The number of ether oxygens (including phenoxy) is 3. The highest BCUT2D eigenvalue weighted by Gasteiger charge is 2.26. The standard InChI is InChI=1S/C29H29ClFN5O5/c30-19-12-24(31)28(33-14-19)40-17-20-13-22(3-7-32-20)41-21-4-8-35(9-5-21)16-27-34-25-2-1-18(29(37)38)11-26(25)36(27)15-23-6-10-39-23/h1-3,7,11-14,21,23H,4-6,8-10,15-17H2,(H,37,38). The fourth-order valence-electron chi connectivity index (χ4n) is 5.10. The lowest BCUT2D eigenvalue weighted by atomic mass is 10.1. The van der Waals surface area contributed by atoms with Gasteiger partial charge in [-0.05, 0) is 49.6 Å². The van der Waals surface area contributed by atoms with Gasteiger partial charge in [0.25, 0.3) is 5.88 Å². The molecule has 2 aliphatic heterocycles. The zero-order valence-corrected chi connectivity index (χ0v) is 23.0. The van der Waals surface area contributed by atoms with E-state index in [9.17, 15) is 14.3 Å². The van der Waals surface area contributed by atoms with Crippen molar-refractivity contribution in [2.45, 2.75) is 51.2 Å². The summed E-state index contributed by atoms with van der Waals surface area (Å²) in [5.74, 6) is -0.134. The Morgan fingerprint density at radius 2 is 1.98 bits per heavy atom. The average Bonchev–Trinajstić information content (AvgIpc) is 3.27. The summed E-state index contributed by atoms with van der Waals surface area (Å²) in [4.78, 5) is 26.9. The van der Waals surface area contributed by atoms with Crippen LogP contribution >= 0.6 is 11.6 Å². The molecule has 1 unspecified atom stereocenters. The van der Waals surface area contributed by atoms with Crippen molar-refractivity contribution >= 4 is 28.6 Å². The van der Waals surface area contributed by atoms with Gasteiger partial charge >= 0.3 is 5.97 Å². The second-order valence-electron chi connectivity index (χ2n) is 10.2. The first-order valence-electron chi connectivity index (χ1n) is 13.5. The number of pyridine rings is 2. The van der Waals surface area contributed by atoms with E-state index in [1.807, 2.05) is 0 Å². The molecule has 4 aromatic rings. The molecule has 2 saturated heterocycles. The predicted octanol–water partition coefficient (Wildman–Crippen LogP) is 4.73. The third-order valence-electron chi connectivity index (χ3n) is 7.38. The zero-order valence-electron chi connectivity index (χ0n) is 22.2. The number of aromatic nitrogens is 4. The predicted molar refractivity (Wildman–Crippen MR) is 148 cm³/mol. The molecule has 10 nitrogen and oxygen atoms in total. The first-order chi connectivity index (χ1) is 19.9. The number of likely N-dealkylation sites (tertiary alicyclic amines) is 1. The topological polar surface area (TPSA) is 112 Å². The van der Waals surface area contributed by atoms with Gasteiger partial charge < -0.3 is 23.9 Å². The lowest BCUT2D eigenvalue weighted by Gasteiger charge is -2.32. The molecule has 0 bridgehead atoms. The lowest BCUT2D eigenvalue weighted by Crippen LogP contribution is -2.39. The largest absolute Gasteiger partial charge is 0.490 e. The molecule has 3 aromatic heterocycles. The summed E-state index contributed by atoms with van der Waals surface area (Å²) in [6.45, 7) is 3.77. The summed E-state index contributed by atoms with van der Waals surface area (Å²) >= 11 is 5.74. The first kappa shape index (κ1) is 27.4. The van der Waals surface area contributed by atoms with Crippen molar-refractivity contribution in [3.8, 4) is 11.6 Å². The van der Waals surface area contributed by atoms with Crippen LogP contribution in [-0.4, -0.2) is 67.4 Å². The van der Waals surface area contributed by atoms with Crippen LogP contribution in [-0.2, 0) is 24.4 Å². The quantitative estimate of drug-likeness (QED) is 0.284. The Labute approximate surface area is 240 Å². The van der Waals surface area contributed by atoms with Gasteiger partial charge in [-0.3, -0.25) is 9.88 Å². The number of nitrogens with zero attached hydrogens (tertiary/aromatic N) is 5. The van der Waals surface area contributed by atoms with Gasteiger partial charge in [0.1, 0.15) is 24.3 Å². The number of imidazole rings is 1. The number of rotatable bonds is 10. The van der Waals surface area contributed by atoms with E-state index in [4.69, 9.17) is 30.8 Å². The second kappa shape index (κ2) is 12.0. The van der Waals surface area contributed by atoms with Crippen molar-refractivity contribution in [2.24, 2.45) is 0 Å². The second-order valence-corrected chi connectivity index (χ2v) is 10.7. The van der Waals surface area contributed by atoms with Gasteiger partial charge in [-0.15, -0.1) is 0 Å². The highest BCUT2D eigenvalue weighted by Crippen LogP contribution is 2.26. The van der Waals surface area contributed by atoms with E-state index in [0.29, 0.717) is 24.5 Å². The van der Waals surface area contributed by atoms with Crippen LogP contribution in [0.4, 0.5) is 4.39 Å². The molecule has 1 aromatic carbocycles. The number of carboxylic acid groups (broad SMARTS) is 1. The van der Waals surface area contributed by atoms with Crippen molar-refractivity contribution in [1.29, 1.82) is 0 Å². The first-order valence-corrected chi connectivity index (χ1v) is 13.9. The van der Waals surface area contributed by atoms with Gasteiger partial charge in [-0.2, -0.15) is 0 Å². The molecule has 0 aliphatic carbocycles. The highest BCUT2D eigenvalue weighted by atomic mass is 35.5. The minimum Gasteiger partial charge on any atom is -0.490 e. The summed E-state index contributed by atoms with van der Waals surface area (Å²) in [6.07, 6.45) is 5.78. The smallest absolute Gasteiger partial charge is 0.335 e. The number of piperidine rings is 1. The Bertz CT molecular complexity index is 1550. The Kier molecular flexibility index (Phi) is 8.00. The van der Waals surface area contributed by atoms with Crippen LogP contribution in [0.15, 0.2) is 48.8 Å². The number of hydrogen-bond acceptors (Lipinski definition) is 8. The SMILES string of the molecule is O=C(O)c1ccc2nc(CN3CCC(Oc4ccnc(COc5ncc(Cl)cc5F)c4)CC3)n(CC3CCO3)c2c1. The molecular formula is C29H29ClFN5O5. The fraction of sp³-hybridized carbons (Fsp3) is 0.379. The molecule has 2 fully saturated rings. The fourth-order valence-corrected chi connectivity index (χ4v) is 5.24. The van der Waals surface area contributed by atoms with Crippen LogP contribution in [0.3, 0.4) is 0 Å². The number of carbonyl (C=O) groups is 1. The monoisotopic (exact) mass is 581 g/mol. The molecule has 0 saturated carbocycles. The van der Waals surface area contributed by atoms with E-state index in [0.717, 1.165) is 61.9 Å². The van der Waals surface area contributed by atoms with Crippen LogP contribution in [0.25, 0.3) is 11.0 Å². The van der Waals surface area contributed by atoms with Gasteiger partial charge in [0.05, 0.1) is 46.5 Å². The molecule has 6 rings (SSSR count). The maximum absolute atomic E-state index is 14.0. The molecule has 2 aliphatic rings. The molecular weight excluding hydrogens is 553 g/mol. The van der Waals surface area contributed by atoms with E-state index >= 15 is 0 Å². The number of carboxylic acids is 1. The maximum Gasteiger partial charge on any atom is 0.335 e. The van der Waals surface area contributed by atoms with E-state index in [1.165, 1.54) is 6.20 Å². The Morgan fingerprint density at radius 3 is 2.71 bits per heavy atom. The minimum atomic E-state index is -0.954. The van der Waals surface area contributed by atoms with Crippen LogP contribution < -0.4 is 9.47 Å². The molecule has 12 heteroatoms. The summed E-state index contributed by atoms with van der Waals surface area (Å²) in [5, 5.41) is 9.68. The third kappa shape index (κ3) is 6.42. The van der Waals surface area contributed by atoms with Gasteiger partial charge in [0.2, 0.25) is 0 Å². The van der Waals surface area contributed by atoms with E-state index < -0.39 is 11.8 Å². The van der Waals surface area contributed by atoms with Gasteiger partial charge in [0, 0.05) is 38.2 Å². The van der Waals surface area contributed by atoms with E-state index in [2.05, 4.69) is 19.4 Å². The number of halogens is 2. The molecule has 0 spiro atoms. The van der Waals surface area contributed by atoms with Crippen molar-refractivity contribution in [3.63, 3.8) is 0 Å². The normalized spacial score (nSPS) is 17.9. The highest BCUT2D eigenvalue weighted by molar-refractivity contribution is 6.30. The Balaban J connectivity index is 1.06. The van der Waals surface area contributed by atoms with Crippen molar-refractivity contribution in [3.05, 3.63) is 76.7 Å². The summed E-state index contributed by atoms with van der Waals surface area (Å²) in [7, 11) is 0. The molecule has 5 heterocycles. The number of fused-ring (bicyclic) bond motifs is 1. The van der Waals surface area contributed by atoms with Crippen molar-refractivity contribution in [1.82, 2.24) is 24.4 Å². The molecule has 41 heavy (non-hydrogen) atoms. The van der Waals surface area contributed by atoms with Gasteiger partial charge in [-0.1, -0.05) is 11.6 Å². The molecule has 0 radical (unpaired) electrons. The maximum atomic E-state index is 14.0. The lowest BCUT2D eigenvalue weighted by molar-refractivity contribution is -0.0592. The Morgan fingerprint density at radius 1 is 1.15 bits per heavy atom. The summed E-state index contributed by atoms with van der Waals surface area (Å²) in [5.41, 5.74) is 2.45. The van der Waals surface area contributed by atoms with E-state index in [-0.39, 0.29) is 35.3 Å². The Hall–Kier alpha value is -3.80. The molecule has 1 N–H and O–H groups in total. The molecule has 0 amide bonds. The third-order valence-corrected chi connectivity index (χ3v) is 7.58. The summed E-state index contributed by atoms with van der Waals surface area (Å²) in [6, 6.07) is 9.80. The van der Waals surface area contributed by atoms with Crippen LogP contribution in [0.1, 0.15) is 41.1 Å². The van der Waals surface area contributed by atoms with E-state index in [1.54, 1.807) is 36.5 Å². The number of hydrogen-bond donors (Lipinski definition) is 1. The summed E-state index contributed by atoms with van der Waals surface area (Å²) < 4.78 is 33.4. The number of benzene rings is 1. The zero-order chi connectivity index (χ0) is 28.3. The number of aromatic carboxylic acids is 1. The van der Waals surface area contributed by atoms with Crippen LogP contribution in [0.2, 0.25) is 5.02 Å². The average molecular weight is 582 g/mol.